The van der Waals surface area contributed by atoms with Gasteiger partial charge in [-0.25, -0.2) is 0 Å². The van der Waals surface area contributed by atoms with Gasteiger partial charge in [0, 0.05) is 0 Å². The Hall–Kier alpha value is -1.84. The standard InChI is InChI=1S/3C6H5.C5H9O.Sn/c3*1-2-4-6-5-3-1;1-2-3-4-5-6;/h3*1-5H;3,6H,2,5H2,1H3;. The second-order valence-electron chi connectivity index (χ2n) is 6.14. The van der Waals surface area contributed by atoms with Crippen molar-refractivity contribution in [3.05, 3.63) is 101 Å². The molecule has 0 atom stereocenters. The van der Waals surface area contributed by atoms with E-state index in [-0.39, 0.29) is 6.61 Å². The van der Waals surface area contributed by atoms with Crippen LogP contribution in [-0.2, 0) is 0 Å². The molecule has 0 bridgehead atoms. The zero-order chi connectivity index (χ0) is 17.5. The zero-order valence-corrected chi connectivity index (χ0v) is 17.5. The second-order valence-corrected chi connectivity index (χ2v) is 17.2. The third-order valence-electron chi connectivity index (χ3n) is 4.72. The van der Waals surface area contributed by atoms with Gasteiger partial charge in [0.15, 0.2) is 0 Å². The van der Waals surface area contributed by atoms with E-state index in [9.17, 15) is 5.11 Å². The van der Waals surface area contributed by atoms with Crippen LogP contribution < -0.4 is 10.7 Å². The van der Waals surface area contributed by atoms with E-state index in [1.54, 1.807) is 0 Å². The fourth-order valence-corrected chi connectivity index (χ4v) is 17.8. The van der Waals surface area contributed by atoms with Gasteiger partial charge in [0.2, 0.25) is 0 Å². The van der Waals surface area contributed by atoms with E-state index in [0.717, 1.165) is 6.42 Å². The van der Waals surface area contributed by atoms with Crippen LogP contribution in [0.2, 0.25) is 0 Å². The third kappa shape index (κ3) is 3.44. The van der Waals surface area contributed by atoms with Crippen molar-refractivity contribution in [3.63, 3.8) is 0 Å². The molecule has 1 N–H and O–H groups in total. The van der Waals surface area contributed by atoms with Gasteiger partial charge < -0.3 is 0 Å². The Morgan fingerprint density at radius 1 is 0.720 bits per heavy atom. The van der Waals surface area contributed by atoms with Gasteiger partial charge in [-0.15, -0.1) is 0 Å². The molecule has 2 heteroatoms. The van der Waals surface area contributed by atoms with Crippen molar-refractivity contribution in [1.29, 1.82) is 0 Å². The van der Waals surface area contributed by atoms with Crippen molar-refractivity contribution in [2.24, 2.45) is 0 Å². The van der Waals surface area contributed by atoms with Gasteiger partial charge in [-0.3, -0.25) is 0 Å². The molecule has 0 unspecified atom stereocenters. The second kappa shape index (κ2) is 8.50. The summed E-state index contributed by atoms with van der Waals surface area (Å²) in [6.45, 7) is 2.26. The first kappa shape index (κ1) is 18.0. The van der Waals surface area contributed by atoms with Crippen molar-refractivity contribution in [1.82, 2.24) is 0 Å². The van der Waals surface area contributed by atoms with Gasteiger partial charge in [0.1, 0.15) is 0 Å². The Kier molecular flexibility index (Phi) is 6.11. The summed E-state index contributed by atoms with van der Waals surface area (Å²) in [5.41, 5.74) is 0. The van der Waals surface area contributed by atoms with Crippen molar-refractivity contribution in [2.75, 3.05) is 6.61 Å². The Morgan fingerprint density at radius 3 is 1.36 bits per heavy atom. The molecule has 0 heterocycles. The SMILES string of the molecule is CC/C=[C](/CO)[Sn]([c]1ccccc1)([c]1ccccc1)[c]1ccccc1. The van der Waals surface area contributed by atoms with Crippen LogP contribution in [0, 0.1) is 0 Å². The summed E-state index contributed by atoms with van der Waals surface area (Å²) in [5, 5.41) is 10.4. The van der Waals surface area contributed by atoms with Crippen LogP contribution in [0.5, 0.6) is 0 Å². The summed E-state index contributed by atoms with van der Waals surface area (Å²) >= 11 is -3.47. The van der Waals surface area contributed by atoms with Gasteiger partial charge >= 0.3 is 155 Å². The van der Waals surface area contributed by atoms with Crippen LogP contribution in [0.3, 0.4) is 0 Å². The average Bonchev–Trinajstić information content (AvgIpc) is 2.70. The number of hydrogen-bond donors (Lipinski definition) is 1. The van der Waals surface area contributed by atoms with E-state index >= 15 is 0 Å². The van der Waals surface area contributed by atoms with Crippen LogP contribution in [0.4, 0.5) is 0 Å². The van der Waals surface area contributed by atoms with E-state index in [1.807, 2.05) is 0 Å². The predicted octanol–water partition coefficient (Wildman–Crippen LogP) is 3.02. The normalized spacial score (nSPS) is 12.2. The van der Waals surface area contributed by atoms with Crippen LogP contribution in [0.25, 0.3) is 0 Å². The average molecular weight is 435 g/mol. The van der Waals surface area contributed by atoms with E-state index in [0.29, 0.717) is 0 Å². The first-order valence-corrected chi connectivity index (χ1v) is 14.5. The van der Waals surface area contributed by atoms with Gasteiger partial charge in [0.05, 0.1) is 0 Å². The molecule has 0 aliphatic heterocycles. The Labute approximate surface area is 154 Å². The monoisotopic (exact) mass is 436 g/mol. The summed E-state index contributed by atoms with van der Waals surface area (Å²) in [6, 6.07) is 32.4. The van der Waals surface area contributed by atoms with Gasteiger partial charge in [-0.1, -0.05) is 0 Å². The minimum absolute atomic E-state index is 0.114. The summed E-state index contributed by atoms with van der Waals surface area (Å²) in [6.07, 6.45) is 3.18. The molecule has 1 nitrogen and oxygen atoms in total. The molecule has 0 aliphatic rings. The molecular weight excluding hydrogens is 411 g/mol. The summed E-state index contributed by atoms with van der Waals surface area (Å²) in [7, 11) is 0. The first-order chi connectivity index (χ1) is 12.3. The maximum atomic E-state index is 10.4. The number of aliphatic hydroxyl groups excluding tert-OH is 1. The van der Waals surface area contributed by atoms with Gasteiger partial charge in [0.25, 0.3) is 0 Å². The quantitative estimate of drug-likeness (QED) is 0.591. The fraction of sp³-hybridized carbons (Fsp3) is 0.130. The molecule has 0 radical (unpaired) electrons. The molecule has 0 aromatic heterocycles. The zero-order valence-electron chi connectivity index (χ0n) is 14.6. The predicted molar refractivity (Wildman–Crippen MR) is 109 cm³/mol. The molecule has 0 saturated heterocycles. The van der Waals surface area contributed by atoms with Crippen molar-refractivity contribution >= 4 is 29.1 Å². The Balaban J connectivity index is 2.42. The molecule has 3 aromatic rings. The van der Waals surface area contributed by atoms with E-state index < -0.39 is 18.4 Å². The fourth-order valence-electron chi connectivity index (χ4n) is 3.70. The van der Waals surface area contributed by atoms with Crippen LogP contribution >= 0.6 is 0 Å². The number of rotatable bonds is 6. The van der Waals surface area contributed by atoms with Crippen LogP contribution in [0.15, 0.2) is 101 Å². The molecule has 3 rings (SSSR count). The third-order valence-corrected chi connectivity index (χ3v) is 18.8. The van der Waals surface area contributed by atoms with Gasteiger partial charge in [-0.2, -0.15) is 0 Å². The number of hydrogen-bond acceptors (Lipinski definition) is 1. The topological polar surface area (TPSA) is 20.2 Å². The van der Waals surface area contributed by atoms with E-state index in [2.05, 4.69) is 104 Å². The minimum atomic E-state index is -3.47. The van der Waals surface area contributed by atoms with Crippen molar-refractivity contribution in [2.45, 2.75) is 13.3 Å². The molecule has 0 amide bonds. The number of benzene rings is 3. The summed E-state index contributed by atoms with van der Waals surface area (Å²) in [5.74, 6) is 0. The molecule has 3 aromatic carbocycles. The Bertz CT molecular complexity index is 714. The van der Waals surface area contributed by atoms with Crippen molar-refractivity contribution < 1.29 is 5.11 Å². The number of allylic oxidation sites excluding steroid dienone is 1. The number of aliphatic hydroxyl groups is 1. The van der Waals surface area contributed by atoms with Crippen LogP contribution in [-0.4, -0.2) is 30.1 Å². The maximum absolute atomic E-state index is 10.4. The van der Waals surface area contributed by atoms with Crippen molar-refractivity contribution in [3.8, 4) is 0 Å². The van der Waals surface area contributed by atoms with Crippen LogP contribution in [0.1, 0.15) is 13.3 Å². The summed E-state index contributed by atoms with van der Waals surface area (Å²) in [4.78, 5) is 0. The molecule has 126 valence electrons. The molecular formula is C23H24OSn. The molecule has 0 fully saturated rings. The van der Waals surface area contributed by atoms with Gasteiger partial charge in [-0.05, 0) is 0 Å². The molecule has 0 aliphatic carbocycles. The van der Waals surface area contributed by atoms with E-state index in [1.165, 1.54) is 14.3 Å². The molecule has 0 spiro atoms. The van der Waals surface area contributed by atoms with E-state index in [4.69, 9.17) is 0 Å². The first-order valence-electron chi connectivity index (χ1n) is 8.81. The molecule has 0 saturated carbocycles. The Morgan fingerprint density at radius 2 is 1.08 bits per heavy atom. The molecule has 25 heavy (non-hydrogen) atoms. The summed E-state index contributed by atoms with van der Waals surface area (Å²) < 4.78 is 5.36.